The first-order valence-corrected chi connectivity index (χ1v) is 12.0. The summed E-state index contributed by atoms with van der Waals surface area (Å²) >= 11 is 4.97. The Morgan fingerprint density at radius 3 is 1.32 bits per heavy atom. The van der Waals surface area contributed by atoms with E-state index in [4.69, 9.17) is 0 Å². The Morgan fingerprint density at radius 2 is 0.929 bits per heavy atom. The van der Waals surface area contributed by atoms with Gasteiger partial charge in [0.2, 0.25) is 0 Å². The summed E-state index contributed by atoms with van der Waals surface area (Å²) in [6.45, 7) is 0. The van der Waals surface area contributed by atoms with Gasteiger partial charge < -0.3 is 0 Å². The van der Waals surface area contributed by atoms with Crippen LogP contribution in [0.4, 0.5) is 0 Å². The lowest BCUT2D eigenvalue weighted by atomic mass is 9.78. The number of halogens is 2. The molecule has 0 saturated carbocycles. The highest BCUT2D eigenvalue weighted by atomic mass is 127. The lowest BCUT2D eigenvalue weighted by Gasteiger charge is -2.26. The van der Waals surface area contributed by atoms with Crippen LogP contribution in [0, 0.1) is 7.14 Å². The molecule has 138 valence electrons. The van der Waals surface area contributed by atoms with Gasteiger partial charge >= 0.3 is 0 Å². The molecule has 0 saturated heterocycles. The summed E-state index contributed by atoms with van der Waals surface area (Å²) in [6, 6.07) is 26.8. The second-order valence-corrected chi connectivity index (χ2v) is 9.78. The zero-order valence-electron chi connectivity index (χ0n) is 15.5. The van der Waals surface area contributed by atoms with E-state index >= 15 is 0 Å². The highest BCUT2D eigenvalue weighted by molar-refractivity contribution is 14.1. The summed E-state index contributed by atoms with van der Waals surface area (Å²) in [4.78, 5) is 0. The van der Waals surface area contributed by atoms with Crippen molar-refractivity contribution in [3.63, 3.8) is 0 Å². The van der Waals surface area contributed by atoms with Crippen molar-refractivity contribution in [3.05, 3.63) is 91.1 Å². The van der Waals surface area contributed by atoms with E-state index in [2.05, 4.69) is 118 Å². The molecule has 0 amide bonds. The predicted octanol–water partition coefficient (Wildman–Crippen LogP) is 8.26. The van der Waals surface area contributed by atoms with Crippen LogP contribution in [-0.2, 0) is 12.8 Å². The number of hydrogen-bond acceptors (Lipinski definition) is 0. The minimum absolute atomic E-state index is 1.18. The van der Waals surface area contributed by atoms with Gasteiger partial charge in [0, 0.05) is 7.14 Å². The van der Waals surface area contributed by atoms with Gasteiger partial charge in [0.25, 0.3) is 0 Å². The maximum atomic E-state index is 2.48. The molecule has 0 spiro atoms. The third kappa shape index (κ3) is 3.18. The fraction of sp³-hybridized carbons (Fsp3) is 0.154. The average molecular weight is 586 g/mol. The molecule has 5 rings (SSSR count). The van der Waals surface area contributed by atoms with Crippen molar-refractivity contribution >= 4 is 56.0 Å². The largest absolute Gasteiger partial charge is 0.0622 e. The zero-order valence-corrected chi connectivity index (χ0v) is 19.8. The van der Waals surface area contributed by atoms with E-state index < -0.39 is 0 Å². The Kier molecular flexibility index (Phi) is 5.18. The van der Waals surface area contributed by atoms with Crippen LogP contribution in [0.1, 0.15) is 24.0 Å². The normalized spacial score (nSPS) is 13.5. The molecule has 0 atom stereocenters. The number of hydrogen-bond donors (Lipinski definition) is 0. The van der Waals surface area contributed by atoms with Crippen LogP contribution in [0.15, 0.2) is 72.8 Å². The minimum Gasteiger partial charge on any atom is -0.0622 e. The Bertz CT molecular complexity index is 1070. The fourth-order valence-electron chi connectivity index (χ4n) is 4.61. The Balaban J connectivity index is 1.98. The summed E-state index contributed by atoms with van der Waals surface area (Å²) in [6.07, 6.45) is 4.93. The molecule has 2 heteroatoms. The summed E-state index contributed by atoms with van der Waals surface area (Å²) in [7, 11) is 0. The van der Waals surface area contributed by atoms with Crippen molar-refractivity contribution in [2.45, 2.75) is 25.7 Å². The standard InChI is InChI=1S/C26H20I2/c27-23-15-21-22(16-24(23)28)26(18-11-5-2-6-12-18)20-14-8-7-13-19(20)25(21)17-9-3-1-4-10-17/h1-6,9-12,15-16H,7-8,13-14H2. The van der Waals surface area contributed by atoms with Crippen molar-refractivity contribution in [1.82, 2.24) is 0 Å². The summed E-state index contributed by atoms with van der Waals surface area (Å²) in [5.41, 5.74) is 8.75. The molecule has 4 aromatic carbocycles. The van der Waals surface area contributed by atoms with E-state index in [1.165, 1.54) is 65.8 Å². The maximum Gasteiger partial charge on any atom is 0.0270 e. The highest BCUT2D eigenvalue weighted by Gasteiger charge is 2.23. The zero-order chi connectivity index (χ0) is 19.1. The quantitative estimate of drug-likeness (QED) is 0.208. The molecule has 0 nitrogen and oxygen atoms in total. The van der Waals surface area contributed by atoms with Gasteiger partial charge in [-0.15, -0.1) is 0 Å². The van der Waals surface area contributed by atoms with Crippen molar-refractivity contribution in [2.75, 3.05) is 0 Å². The minimum atomic E-state index is 1.18. The van der Waals surface area contributed by atoms with E-state index in [0.717, 1.165) is 0 Å². The molecule has 0 heterocycles. The first-order chi connectivity index (χ1) is 13.7. The van der Waals surface area contributed by atoms with E-state index in [0.29, 0.717) is 0 Å². The van der Waals surface area contributed by atoms with Crippen molar-refractivity contribution < 1.29 is 0 Å². The van der Waals surface area contributed by atoms with Crippen molar-refractivity contribution in [2.24, 2.45) is 0 Å². The van der Waals surface area contributed by atoms with Gasteiger partial charge in [-0.1, -0.05) is 60.7 Å². The van der Waals surface area contributed by atoms with Crippen LogP contribution in [-0.4, -0.2) is 0 Å². The third-order valence-electron chi connectivity index (χ3n) is 5.80. The van der Waals surface area contributed by atoms with Crippen LogP contribution < -0.4 is 0 Å². The topological polar surface area (TPSA) is 0 Å². The van der Waals surface area contributed by atoms with Gasteiger partial charge in [-0.2, -0.15) is 0 Å². The van der Waals surface area contributed by atoms with Crippen LogP contribution in [0.2, 0.25) is 0 Å². The molecule has 0 aromatic heterocycles. The fourth-order valence-corrected chi connectivity index (χ4v) is 5.55. The second-order valence-electron chi connectivity index (χ2n) is 7.46. The SMILES string of the molecule is Ic1cc2c(-c3ccccc3)c3c(c(-c4ccccc4)c2cc1I)CCCC3. The summed E-state index contributed by atoms with van der Waals surface area (Å²) < 4.78 is 2.66. The van der Waals surface area contributed by atoms with Gasteiger partial charge in [0.05, 0.1) is 0 Å². The highest BCUT2D eigenvalue weighted by Crippen LogP contribution is 2.45. The average Bonchev–Trinajstić information content (AvgIpc) is 2.74. The maximum absolute atomic E-state index is 2.48. The van der Waals surface area contributed by atoms with Crippen molar-refractivity contribution in [1.29, 1.82) is 0 Å². The number of rotatable bonds is 2. The van der Waals surface area contributed by atoms with Crippen LogP contribution in [0.3, 0.4) is 0 Å². The summed E-state index contributed by atoms with van der Waals surface area (Å²) in [5, 5.41) is 2.80. The van der Waals surface area contributed by atoms with E-state index in [1.54, 1.807) is 11.1 Å². The van der Waals surface area contributed by atoms with Gasteiger partial charge in [0.1, 0.15) is 0 Å². The third-order valence-corrected chi connectivity index (χ3v) is 8.61. The summed E-state index contributed by atoms with van der Waals surface area (Å²) in [5.74, 6) is 0. The Morgan fingerprint density at radius 1 is 0.536 bits per heavy atom. The van der Waals surface area contributed by atoms with Gasteiger partial charge in [-0.25, -0.2) is 0 Å². The lowest BCUT2D eigenvalue weighted by molar-refractivity contribution is 0.689. The molecule has 0 radical (unpaired) electrons. The molecule has 0 N–H and O–H groups in total. The molecule has 28 heavy (non-hydrogen) atoms. The lowest BCUT2D eigenvalue weighted by Crippen LogP contribution is -2.08. The molecule has 0 bridgehead atoms. The van der Waals surface area contributed by atoms with E-state index in [9.17, 15) is 0 Å². The second kappa shape index (κ2) is 7.79. The first-order valence-electron chi connectivity index (χ1n) is 9.81. The van der Waals surface area contributed by atoms with Crippen LogP contribution in [0.5, 0.6) is 0 Å². The molecule has 1 aliphatic rings. The predicted molar refractivity (Wildman–Crippen MR) is 137 cm³/mol. The molecule has 0 fully saturated rings. The Hall–Kier alpha value is -1.40. The molecule has 1 aliphatic carbocycles. The van der Waals surface area contributed by atoms with Gasteiger partial charge in [-0.3, -0.25) is 0 Å². The number of benzene rings is 4. The van der Waals surface area contributed by atoms with Crippen molar-refractivity contribution in [3.8, 4) is 22.3 Å². The first kappa shape index (κ1) is 18.6. The monoisotopic (exact) mass is 586 g/mol. The van der Waals surface area contributed by atoms with Crippen LogP contribution in [0.25, 0.3) is 33.0 Å². The smallest absolute Gasteiger partial charge is 0.0270 e. The molecule has 0 aliphatic heterocycles. The van der Waals surface area contributed by atoms with E-state index in [1.807, 2.05) is 0 Å². The molecule has 0 unspecified atom stereocenters. The van der Waals surface area contributed by atoms with Gasteiger partial charge in [0.15, 0.2) is 0 Å². The molecular formula is C26H20I2. The Labute approximate surface area is 193 Å². The van der Waals surface area contributed by atoms with Gasteiger partial charge in [-0.05, 0) is 127 Å². The van der Waals surface area contributed by atoms with E-state index in [-0.39, 0.29) is 0 Å². The molecule has 4 aromatic rings. The van der Waals surface area contributed by atoms with Crippen LogP contribution >= 0.6 is 45.2 Å². The molecular weight excluding hydrogens is 566 g/mol. The number of fused-ring (bicyclic) bond motifs is 2.